The minimum atomic E-state index is 0.586. The van der Waals surface area contributed by atoms with Gasteiger partial charge >= 0.3 is 0 Å². The zero-order valence-electron chi connectivity index (χ0n) is 8.01. The summed E-state index contributed by atoms with van der Waals surface area (Å²) in [6.45, 7) is 6.36. The Kier molecular flexibility index (Phi) is 6.54. The third-order valence-corrected chi connectivity index (χ3v) is 2.24. The van der Waals surface area contributed by atoms with E-state index >= 15 is 0 Å². The van der Waals surface area contributed by atoms with Crippen molar-refractivity contribution < 1.29 is 9.47 Å². The van der Waals surface area contributed by atoms with Crippen molar-refractivity contribution in [1.82, 2.24) is 4.90 Å². The maximum Gasteiger partial charge on any atom is 0.0602 e. The molecule has 1 aliphatic heterocycles. The fourth-order valence-corrected chi connectivity index (χ4v) is 1.48. The van der Waals surface area contributed by atoms with E-state index in [2.05, 4.69) is 4.90 Å². The monoisotopic (exact) mass is 207 g/mol. The number of halogens is 1. The quantitative estimate of drug-likeness (QED) is 0.495. The van der Waals surface area contributed by atoms with Crippen LogP contribution in [0.4, 0.5) is 0 Å². The van der Waals surface area contributed by atoms with Gasteiger partial charge in [-0.1, -0.05) is 0 Å². The SMILES string of the molecule is ClCCOCCN1CCCOCC1. The molecule has 0 aromatic carbocycles. The Balaban J connectivity index is 1.98. The predicted octanol–water partition coefficient (Wildman–Crippen LogP) is 0.964. The second kappa shape index (κ2) is 7.56. The summed E-state index contributed by atoms with van der Waals surface area (Å²) in [4.78, 5) is 2.38. The average Bonchev–Trinajstić information content (AvgIpc) is 2.41. The van der Waals surface area contributed by atoms with Crippen molar-refractivity contribution in [3.05, 3.63) is 0 Å². The summed E-state index contributed by atoms with van der Waals surface area (Å²) in [5.74, 6) is 0.586. The second-order valence-corrected chi connectivity index (χ2v) is 3.49. The first kappa shape index (κ1) is 11.2. The molecule has 1 aliphatic rings. The summed E-state index contributed by atoms with van der Waals surface area (Å²) in [6.07, 6.45) is 1.13. The van der Waals surface area contributed by atoms with Crippen molar-refractivity contribution in [2.24, 2.45) is 0 Å². The van der Waals surface area contributed by atoms with E-state index < -0.39 is 0 Å². The third kappa shape index (κ3) is 5.47. The number of alkyl halides is 1. The van der Waals surface area contributed by atoms with Gasteiger partial charge < -0.3 is 9.47 Å². The molecule has 0 aromatic heterocycles. The van der Waals surface area contributed by atoms with Gasteiger partial charge in [0.15, 0.2) is 0 Å². The van der Waals surface area contributed by atoms with Crippen LogP contribution in [0.5, 0.6) is 0 Å². The highest BCUT2D eigenvalue weighted by molar-refractivity contribution is 6.17. The van der Waals surface area contributed by atoms with E-state index in [0.29, 0.717) is 12.5 Å². The summed E-state index contributed by atoms with van der Waals surface area (Å²) in [5.41, 5.74) is 0. The van der Waals surface area contributed by atoms with Crippen molar-refractivity contribution in [1.29, 1.82) is 0 Å². The standard InChI is InChI=1S/C9H18ClNO2/c10-2-7-13-9-5-11-3-1-6-12-8-4-11/h1-9H2. The summed E-state index contributed by atoms with van der Waals surface area (Å²) in [5, 5.41) is 0. The summed E-state index contributed by atoms with van der Waals surface area (Å²) in [7, 11) is 0. The molecule has 1 rings (SSSR count). The van der Waals surface area contributed by atoms with E-state index in [0.717, 1.165) is 45.9 Å². The molecule has 1 saturated heterocycles. The molecule has 1 fully saturated rings. The van der Waals surface area contributed by atoms with Gasteiger partial charge in [-0.15, -0.1) is 11.6 Å². The summed E-state index contributed by atoms with van der Waals surface area (Å²) >= 11 is 5.49. The first-order valence-electron chi connectivity index (χ1n) is 4.87. The van der Waals surface area contributed by atoms with Gasteiger partial charge in [-0.05, 0) is 6.42 Å². The van der Waals surface area contributed by atoms with Gasteiger partial charge in [-0.3, -0.25) is 4.90 Å². The van der Waals surface area contributed by atoms with Crippen molar-refractivity contribution in [3.63, 3.8) is 0 Å². The molecule has 0 radical (unpaired) electrons. The van der Waals surface area contributed by atoms with Crippen LogP contribution in [0, 0.1) is 0 Å². The lowest BCUT2D eigenvalue weighted by Gasteiger charge is -2.18. The van der Waals surface area contributed by atoms with E-state index in [-0.39, 0.29) is 0 Å². The molecule has 13 heavy (non-hydrogen) atoms. The first-order chi connectivity index (χ1) is 6.43. The molecular formula is C9H18ClNO2. The normalized spacial score (nSPS) is 20.1. The van der Waals surface area contributed by atoms with Gasteiger partial charge in [0.2, 0.25) is 0 Å². The Bertz CT molecular complexity index is 116. The zero-order chi connectivity index (χ0) is 9.36. The Labute approximate surface area is 84.9 Å². The molecule has 0 amide bonds. The molecule has 0 spiro atoms. The molecule has 0 saturated carbocycles. The fourth-order valence-electron chi connectivity index (χ4n) is 1.37. The molecule has 0 N–H and O–H groups in total. The minimum Gasteiger partial charge on any atom is -0.380 e. The zero-order valence-corrected chi connectivity index (χ0v) is 8.76. The molecule has 78 valence electrons. The van der Waals surface area contributed by atoms with Crippen molar-refractivity contribution >= 4 is 11.6 Å². The highest BCUT2D eigenvalue weighted by atomic mass is 35.5. The fraction of sp³-hybridized carbons (Fsp3) is 1.00. The lowest BCUT2D eigenvalue weighted by atomic mass is 10.4. The van der Waals surface area contributed by atoms with Crippen LogP contribution in [0.3, 0.4) is 0 Å². The Morgan fingerprint density at radius 1 is 1.23 bits per heavy atom. The van der Waals surface area contributed by atoms with Crippen LogP contribution in [-0.2, 0) is 9.47 Å². The highest BCUT2D eigenvalue weighted by Crippen LogP contribution is 1.98. The van der Waals surface area contributed by atoms with Crippen LogP contribution >= 0.6 is 11.6 Å². The minimum absolute atomic E-state index is 0.586. The number of hydrogen-bond donors (Lipinski definition) is 0. The first-order valence-corrected chi connectivity index (χ1v) is 5.41. The molecule has 0 atom stereocenters. The van der Waals surface area contributed by atoms with Crippen LogP contribution in [0.15, 0.2) is 0 Å². The number of rotatable bonds is 5. The molecular weight excluding hydrogens is 190 g/mol. The summed E-state index contributed by atoms with van der Waals surface area (Å²) in [6, 6.07) is 0. The van der Waals surface area contributed by atoms with E-state index in [9.17, 15) is 0 Å². The number of ether oxygens (including phenoxy) is 2. The molecule has 0 aromatic rings. The lowest BCUT2D eigenvalue weighted by molar-refractivity contribution is 0.107. The van der Waals surface area contributed by atoms with Gasteiger partial charge in [0, 0.05) is 32.1 Å². The van der Waals surface area contributed by atoms with Crippen LogP contribution in [0.1, 0.15) is 6.42 Å². The maximum atomic E-state index is 5.49. The predicted molar refractivity (Wildman–Crippen MR) is 53.4 cm³/mol. The molecule has 3 nitrogen and oxygen atoms in total. The smallest absolute Gasteiger partial charge is 0.0602 e. The highest BCUT2D eigenvalue weighted by Gasteiger charge is 2.07. The van der Waals surface area contributed by atoms with E-state index in [1.165, 1.54) is 0 Å². The van der Waals surface area contributed by atoms with Crippen LogP contribution < -0.4 is 0 Å². The Hall–Kier alpha value is 0.170. The molecule has 0 bridgehead atoms. The van der Waals surface area contributed by atoms with Gasteiger partial charge in [-0.2, -0.15) is 0 Å². The van der Waals surface area contributed by atoms with E-state index in [4.69, 9.17) is 21.1 Å². The van der Waals surface area contributed by atoms with Gasteiger partial charge in [-0.25, -0.2) is 0 Å². The van der Waals surface area contributed by atoms with Crippen molar-refractivity contribution in [3.8, 4) is 0 Å². The van der Waals surface area contributed by atoms with Crippen molar-refractivity contribution in [2.45, 2.75) is 6.42 Å². The Morgan fingerprint density at radius 2 is 2.15 bits per heavy atom. The summed E-state index contributed by atoms with van der Waals surface area (Å²) < 4.78 is 10.7. The molecule has 1 heterocycles. The van der Waals surface area contributed by atoms with E-state index in [1.54, 1.807) is 0 Å². The van der Waals surface area contributed by atoms with Gasteiger partial charge in [0.1, 0.15) is 0 Å². The topological polar surface area (TPSA) is 21.7 Å². The Morgan fingerprint density at radius 3 is 3.00 bits per heavy atom. The van der Waals surface area contributed by atoms with Crippen LogP contribution in [-0.4, -0.2) is 56.8 Å². The van der Waals surface area contributed by atoms with Crippen molar-refractivity contribution in [2.75, 3.05) is 51.9 Å². The number of hydrogen-bond acceptors (Lipinski definition) is 3. The average molecular weight is 208 g/mol. The molecule has 0 aliphatic carbocycles. The third-order valence-electron chi connectivity index (χ3n) is 2.09. The van der Waals surface area contributed by atoms with Crippen LogP contribution in [0.2, 0.25) is 0 Å². The van der Waals surface area contributed by atoms with Gasteiger partial charge in [0.25, 0.3) is 0 Å². The van der Waals surface area contributed by atoms with E-state index in [1.807, 2.05) is 0 Å². The maximum absolute atomic E-state index is 5.49. The van der Waals surface area contributed by atoms with Crippen LogP contribution in [0.25, 0.3) is 0 Å². The molecule has 0 unspecified atom stereocenters. The molecule has 4 heteroatoms. The number of nitrogens with zero attached hydrogens (tertiary/aromatic N) is 1. The van der Waals surface area contributed by atoms with Gasteiger partial charge in [0.05, 0.1) is 19.8 Å². The lowest BCUT2D eigenvalue weighted by Crippen LogP contribution is -2.30. The largest absolute Gasteiger partial charge is 0.380 e. The second-order valence-electron chi connectivity index (χ2n) is 3.11.